The molecule has 0 radical (unpaired) electrons. The zero-order chi connectivity index (χ0) is 11.8. The molecule has 1 aromatic carbocycles. The highest BCUT2D eigenvalue weighted by molar-refractivity contribution is 5.88. The molecule has 1 rings (SSSR count). The normalized spacial score (nSPS) is 10.1. The Balaban J connectivity index is 2.36. The van der Waals surface area contributed by atoms with Crippen LogP contribution >= 0.6 is 0 Å². The Kier molecular flexibility index (Phi) is 5.31. The maximum Gasteiger partial charge on any atom is 0.335 e. The van der Waals surface area contributed by atoms with Crippen LogP contribution in [0.1, 0.15) is 10.4 Å². The molecule has 0 bridgehead atoms. The van der Waals surface area contributed by atoms with Gasteiger partial charge in [0.1, 0.15) is 0 Å². The first kappa shape index (κ1) is 12.5. The van der Waals surface area contributed by atoms with E-state index in [0.29, 0.717) is 19.8 Å². The summed E-state index contributed by atoms with van der Waals surface area (Å²) < 4.78 is 5.05. The van der Waals surface area contributed by atoms with Crippen molar-refractivity contribution in [3.8, 4) is 0 Å². The Bertz CT molecular complexity index is 341. The quantitative estimate of drug-likeness (QED) is 0.598. The van der Waals surface area contributed by atoms with Crippen LogP contribution in [0.5, 0.6) is 0 Å². The summed E-state index contributed by atoms with van der Waals surface area (Å²) >= 11 is 0. The average Bonchev–Trinajstić information content (AvgIpc) is 2.29. The highest BCUT2D eigenvalue weighted by atomic mass is 16.5. The third-order valence-corrected chi connectivity index (χ3v) is 1.92. The van der Waals surface area contributed by atoms with Gasteiger partial charge in [-0.3, -0.25) is 0 Å². The first-order chi connectivity index (χ1) is 7.74. The molecule has 0 saturated heterocycles. The Hall–Kier alpha value is -1.59. The van der Waals surface area contributed by atoms with Crippen molar-refractivity contribution >= 4 is 11.7 Å². The zero-order valence-electron chi connectivity index (χ0n) is 8.85. The van der Waals surface area contributed by atoms with Crippen molar-refractivity contribution in [3.63, 3.8) is 0 Å². The van der Waals surface area contributed by atoms with Crippen molar-refractivity contribution in [1.82, 2.24) is 0 Å². The highest BCUT2D eigenvalue weighted by Crippen LogP contribution is 2.09. The molecule has 0 aromatic heterocycles. The lowest BCUT2D eigenvalue weighted by molar-refractivity contribution is 0.0697. The Labute approximate surface area is 93.7 Å². The standard InChI is InChI=1S/C11H15NO4/c13-5-7-16-6-4-12-10-3-1-2-9(8-10)11(14)15/h1-3,8,12-13H,4-7H2,(H,14,15). The summed E-state index contributed by atoms with van der Waals surface area (Å²) in [5.74, 6) is -0.944. The number of carboxylic acids is 1. The number of nitrogens with one attached hydrogen (secondary N) is 1. The molecule has 0 atom stereocenters. The van der Waals surface area contributed by atoms with Gasteiger partial charge < -0.3 is 20.3 Å². The van der Waals surface area contributed by atoms with E-state index in [-0.39, 0.29) is 12.2 Å². The fraction of sp³-hybridized carbons (Fsp3) is 0.364. The summed E-state index contributed by atoms with van der Waals surface area (Å²) in [7, 11) is 0. The molecule has 0 spiro atoms. The first-order valence-electron chi connectivity index (χ1n) is 5.00. The van der Waals surface area contributed by atoms with Gasteiger partial charge in [0.05, 0.1) is 25.4 Å². The molecule has 0 aliphatic heterocycles. The molecule has 88 valence electrons. The summed E-state index contributed by atoms with van der Waals surface area (Å²) in [5.41, 5.74) is 0.994. The van der Waals surface area contributed by atoms with Gasteiger partial charge in [-0.1, -0.05) is 6.07 Å². The van der Waals surface area contributed by atoms with Crippen LogP contribution in [0.3, 0.4) is 0 Å². The second-order valence-corrected chi connectivity index (χ2v) is 3.15. The van der Waals surface area contributed by atoms with Crippen LogP contribution in [0, 0.1) is 0 Å². The van der Waals surface area contributed by atoms with E-state index in [2.05, 4.69) is 5.32 Å². The largest absolute Gasteiger partial charge is 0.478 e. The molecule has 5 nitrogen and oxygen atoms in total. The van der Waals surface area contributed by atoms with Gasteiger partial charge in [0.15, 0.2) is 0 Å². The van der Waals surface area contributed by atoms with Gasteiger partial charge in [0.2, 0.25) is 0 Å². The molecule has 0 aliphatic carbocycles. The molecule has 5 heteroatoms. The smallest absolute Gasteiger partial charge is 0.335 e. The van der Waals surface area contributed by atoms with Crippen LogP contribution in [0.4, 0.5) is 5.69 Å². The predicted molar refractivity (Wildman–Crippen MR) is 59.8 cm³/mol. The number of aliphatic hydroxyl groups excluding tert-OH is 1. The van der Waals surface area contributed by atoms with E-state index in [9.17, 15) is 4.79 Å². The summed E-state index contributed by atoms with van der Waals surface area (Å²) in [6.45, 7) is 1.37. The van der Waals surface area contributed by atoms with Gasteiger partial charge in [0.25, 0.3) is 0 Å². The maximum atomic E-state index is 10.7. The van der Waals surface area contributed by atoms with Gasteiger partial charge in [0, 0.05) is 12.2 Å². The van der Waals surface area contributed by atoms with Crippen molar-refractivity contribution in [2.24, 2.45) is 0 Å². The van der Waals surface area contributed by atoms with Gasteiger partial charge in [-0.25, -0.2) is 4.79 Å². The molecule has 0 amide bonds. The molecule has 0 saturated carbocycles. The Morgan fingerprint density at radius 2 is 2.19 bits per heavy atom. The van der Waals surface area contributed by atoms with E-state index in [1.165, 1.54) is 6.07 Å². The van der Waals surface area contributed by atoms with Gasteiger partial charge in [-0.15, -0.1) is 0 Å². The third kappa shape index (κ3) is 4.29. The van der Waals surface area contributed by atoms with Crippen LogP contribution in [-0.4, -0.2) is 42.5 Å². The highest BCUT2D eigenvalue weighted by Gasteiger charge is 2.02. The third-order valence-electron chi connectivity index (χ3n) is 1.92. The summed E-state index contributed by atoms with van der Waals surface area (Å²) in [6, 6.07) is 6.57. The fourth-order valence-corrected chi connectivity index (χ4v) is 1.20. The fourth-order valence-electron chi connectivity index (χ4n) is 1.20. The lowest BCUT2D eigenvalue weighted by atomic mass is 10.2. The van der Waals surface area contributed by atoms with Crippen molar-refractivity contribution in [1.29, 1.82) is 0 Å². The van der Waals surface area contributed by atoms with Crippen molar-refractivity contribution in [2.45, 2.75) is 0 Å². The number of aliphatic hydroxyl groups is 1. The molecule has 0 fully saturated rings. The number of hydrogen-bond donors (Lipinski definition) is 3. The SMILES string of the molecule is O=C(O)c1cccc(NCCOCCO)c1. The minimum atomic E-state index is -0.944. The monoisotopic (exact) mass is 225 g/mol. The molecule has 0 aliphatic rings. The lowest BCUT2D eigenvalue weighted by Crippen LogP contribution is -2.11. The number of benzene rings is 1. The van der Waals surface area contributed by atoms with Gasteiger partial charge in [-0.05, 0) is 18.2 Å². The number of carboxylic acid groups (broad SMARTS) is 1. The van der Waals surface area contributed by atoms with Crippen molar-refractivity contribution in [3.05, 3.63) is 29.8 Å². The number of anilines is 1. The van der Waals surface area contributed by atoms with Crippen LogP contribution in [-0.2, 0) is 4.74 Å². The lowest BCUT2D eigenvalue weighted by Gasteiger charge is -2.07. The van der Waals surface area contributed by atoms with Crippen molar-refractivity contribution < 1.29 is 19.7 Å². The van der Waals surface area contributed by atoms with Crippen molar-refractivity contribution in [2.75, 3.05) is 31.7 Å². The molecule has 0 heterocycles. The molecular weight excluding hydrogens is 210 g/mol. The second kappa shape index (κ2) is 6.81. The van der Waals surface area contributed by atoms with Crippen LogP contribution in [0.25, 0.3) is 0 Å². The summed E-state index contributed by atoms with van der Waals surface area (Å²) in [4.78, 5) is 10.7. The van der Waals surface area contributed by atoms with E-state index in [0.717, 1.165) is 5.69 Å². The van der Waals surface area contributed by atoms with Crippen LogP contribution < -0.4 is 5.32 Å². The van der Waals surface area contributed by atoms with E-state index >= 15 is 0 Å². The Morgan fingerprint density at radius 3 is 2.88 bits per heavy atom. The number of hydrogen-bond acceptors (Lipinski definition) is 4. The minimum absolute atomic E-state index is 0.00843. The molecular formula is C11H15NO4. The van der Waals surface area contributed by atoms with E-state index in [4.69, 9.17) is 14.9 Å². The summed E-state index contributed by atoms with van der Waals surface area (Å²) in [5, 5.41) is 20.3. The molecule has 16 heavy (non-hydrogen) atoms. The minimum Gasteiger partial charge on any atom is -0.478 e. The Morgan fingerprint density at radius 1 is 1.38 bits per heavy atom. The van der Waals surface area contributed by atoms with E-state index in [1.807, 2.05) is 0 Å². The number of carbonyl (C=O) groups is 1. The number of ether oxygens (including phenoxy) is 1. The van der Waals surface area contributed by atoms with Gasteiger partial charge >= 0.3 is 5.97 Å². The number of aromatic carboxylic acids is 1. The molecule has 0 unspecified atom stereocenters. The van der Waals surface area contributed by atoms with E-state index < -0.39 is 5.97 Å². The van der Waals surface area contributed by atoms with Crippen LogP contribution in [0.2, 0.25) is 0 Å². The maximum absolute atomic E-state index is 10.7. The first-order valence-corrected chi connectivity index (χ1v) is 5.00. The predicted octanol–water partition coefficient (Wildman–Crippen LogP) is 0.806. The van der Waals surface area contributed by atoms with E-state index in [1.54, 1.807) is 18.2 Å². The number of rotatable bonds is 7. The molecule has 1 aromatic rings. The average molecular weight is 225 g/mol. The summed E-state index contributed by atoms with van der Waals surface area (Å²) in [6.07, 6.45) is 0. The topological polar surface area (TPSA) is 78.8 Å². The van der Waals surface area contributed by atoms with Crippen LogP contribution in [0.15, 0.2) is 24.3 Å². The zero-order valence-corrected chi connectivity index (χ0v) is 8.85. The second-order valence-electron chi connectivity index (χ2n) is 3.15. The molecule has 3 N–H and O–H groups in total. The van der Waals surface area contributed by atoms with Gasteiger partial charge in [-0.2, -0.15) is 0 Å².